The molecular weight excluding hydrogens is 369 g/mol. The highest BCUT2D eigenvalue weighted by Gasteiger charge is 2.51. The van der Waals surface area contributed by atoms with Gasteiger partial charge in [0, 0.05) is 4.88 Å². The number of urea groups is 1. The van der Waals surface area contributed by atoms with Crippen molar-refractivity contribution in [2.24, 2.45) is 0 Å². The number of hydrogen-bond acceptors (Lipinski definition) is 4. The average Bonchev–Trinajstić information content (AvgIpc) is 3.26. The van der Waals surface area contributed by atoms with Gasteiger partial charge in [0.25, 0.3) is 5.91 Å². The second kappa shape index (κ2) is 7.48. The quantitative estimate of drug-likeness (QED) is 0.746. The van der Waals surface area contributed by atoms with Gasteiger partial charge in [0.05, 0.1) is 6.04 Å². The molecule has 8 heteroatoms. The number of carbonyl (C=O) groups is 3. The van der Waals surface area contributed by atoms with E-state index in [4.69, 9.17) is 0 Å². The molecule has 1 aromatic carbocycles. The number of hydrogen-bond donors (Lipinski definition) is 2. The summed E-state index contributed by atoms with van der Waals surface area (Å²) in [6.07, 6.45) is 0.285. The maximum absolute atomic E-state index is 13.2. The Morgan fingerprint density at radius 2 is 2.00 bits per heavy atom. The molecule has 27 heavy (non-hydrogen) atoms. The summed E-state index contributed by atoms with van der Waals surface area (Å²) in [7, 11) is 0. The first-order chi connectivity index (χ1) is 12.9. The van der Waals surface area contributed by atoms with Gasteiger partial charge < -0.3 is 10.6 Å². The van der Waals surface area contributed by atoms with Gasteiger partial charge in [-0.2, -0.15) is 0 Å². The third kappa shape index (κ3) is 3.57. The summed E-state index contributed by atoms with van der Waals surface area (Å²) in [5.41, 5.74) is -0.802. The molecule has 4 amide bonds. The molecule has 0 radical (unpaired) electrons. The predicted octanol–water partition coefficient (Wildman–Crippen LogP) is 2.92. The molecule has 2 heterocycles. The summed E-state index contributed by atoms with van der Waals surface area (Å²) < 4.78 is 13.2. The fourth-order valence-corrected chi connectivity index (χ4v) is 3.92. The Hall–Kier alpha value is -2.74. The molecule has 2 aromatic rings. The van der Waals surface area contributed by atoms with E-state index in [1.807, 2.05) is 24.4 Å². The molecule has 2 atom stereocenters. The highest BCUT2D eigenvalue weighted by molar-refractivity contribution is 7.10. The van der Waals surface area contributed by atoms with Crippen LogP contribution in [-0.4, -0.2) is 29.3 Å². The fraction of sp³-hybridized carbons (Fsp3) is 0.316. The fourth-order valence-electron chi connectivity index (χ4n) is 3.18. The summed E-state index contributed by atoms with van der Waals surface area (Å²) in [6.45, 7) is 3.22. The normalized spacial score (nSPS) is 20.5. The van der Waals surface area contributed by atoms with Crippen molar-refractivity contribution in [2.75, 3.05) is 6.54 Å². The first-order valence-corrected chi connectivity index (χ1v) is 9.48. The number of nitrogens with one attached hydrogen (secondary N) is 2. The molecule has 0 spiro atoms. The van der Waals surface area contributed by atoms with Crippen LogP contribution >= 0.6 is 11.3 Å². The molecule has 1 aromatic heterocycles. The van der Waals surface area contributed by atoms with Gasteiger partial charge in [-0.25, -0.2) is 9.18 Å². The number of carbonyl (C=O) groups excluding carboxylic acids is 3. The molecule has 1 saturated heterocycles. The van der Waals surface area contributed by atoms with Gasteiger partial charge in [0.15, 0.2) is 0 Å². The molecular formula is C19H20FN3O3S. The van der Waals surface area contributed by atoms with E-state index in [-0.39, 0.29) is 19.0 Å². The second-order valence-electron chi connectivity index (χ2n) is 6.39. The van der Waals surface area contributed by atoms with E-state index in [2.05, 4.69) is 10.6 Å². The minimum Gasteiger partial charge on any atom is -0.347 e. The third-order valence-corrected chi connectivity index (χ3v) is 5.75. The van der Waals surface area contributed by atoms with Gasteiger partial charge in [-0.05, 0) is 42.5 Å². The minimum atomic E-state index is -1.29. The maximum Gasteiger partial charge on any atom is 0.325 e. The molecule has 6 nitrogen and oxygen atoms in total. The molecule has 0 aliphatic carbocycles. The van der Waals surface area contributed by atoms with Crippen LogP contribution in [0.25, 0.3) is 0 Å². The molecule has 0 unspecified atom stereocenters. The van der Waals surface area contributed by atoms with Gasteiger partial charge in [-0.3, -0.25) is 14.5 Å². The van der Waals surface area contributed by atoms with Crippen molar-refractivity contribution >= 4 is 29.2 Å². The second-order valence-corrected chi connectivity index (χ2v) is 7.37. The smallest absolute Gasteiger partial charge is 0.325 e. The molecule has 3 rings (SSSR count). The minimum absolute atomic E-state index is 0.216. The van der Waals surface area contributed by atoms with Crippen molar-refractivity contribution in [3.05, 3.63) is 58.0 Å². The molecule has 0 bridgehead atoms. The van der Waals surface area contributed by atoms with Crippen molar-refractivity contribution in [1.29, 1.82) is 0 Å². The Labute approximate surface area is 160 Å². The van der Waals surface area contributed by atoms with Crippen molar-refractivity contribution < 1.29 is 18.8 Å². The van der Waals surface area contributed by atoms with Crippen LogP contribution in [0.1, 0.15) is 36.8 Å². The van der Waals surface area contributed by atoms with Gasteiger partial charge in [-0.1, -0.05) is 25.1 Å². The van der Waals surface area contributed by atoms with E-state index in [9.17, 15) is 18.8 Å². The van der Waals surface area contributed by atoms with E-state index in [0.717, 1.165) is 9.78 Å². The van der Waals surface area contributed by atoms with Crippen molar-refractivity contribution in [2.45, 2.75) is 31.8 Å². The monoisotopic (exact) mass is 389 g/mol. The van der Waals surface area contributed by atoms with Gasteiger partial charge in [0.1, 0.15) is 17.9 Å². The number of amides is 4. The lowest BCUT2D eigenvalue weighted by Gasteiger charge is -2.25. The Morgan fingerprint density at radius 1 is 1.30 bits per heavy atom. The Kier molecular flexibility index (Phi) is 5.27. The number of rotatable bonds is 6. The summed E-state index contributed by atoms with van der Waals surface area (Å²) in [5.74, 6) is -1.37. The highest BCUT2D eigenvalue weighted by Crippen LogP contribution is 2.32. The number of imide groups is 1. The number of halogens is 1. The van der Waals surface area contributed by atoms with E-state index in [0.29, 0.717) is 5.56 Å². The zero-order valence-electron chi connectivity index (χ0n) is 15.0. The molecule has 2 N–H and O–H groups in total. The van der Waals surface area contributed by atoms with Crippen LogP contribution in [0.2, 0.25) is 0 Å². The zero-order chi connectivity index (χ0) is 19.6. The first-order valence-electron chi connectivity index (χ1n) is 8.60. The van der Waals surface area contributed by atoms with Gasteiger partial charge in [-0.15, -0.1) is 11.3 Å². The zero-order valence-corrected chi connectivity index (χ0v) is 15.8. The van der Waals surface area contributed by atoms with Crippen molar-refractivity contribution in [3.8, 4) is 0 Å². The standard InChI is InChI=1S/C19H20FN3O3S/c1-3-19(13-6-8-14(20)9-7-13)17(25)23(18(26)22-19)11-16(24)21-12(2)15-5-4-10-27-15/h4-10,12H,3,11H2,1-2H3,(H,21,24)(H,22,26)/t12-,19+/m1/s1. The lowest BCUT2D eigenvalue weighted by molar-refractivity contribution is -0.135. The Morgan fingerprint density at radius 3 is 2.59 bits per heavy atom. The largest absolute Gasteiger partial charge is 0.347 e. The van der Waals surface area contributed by atoms with Crippen molar-refractivity contribution in [3.63, 3.8) is 0 Å². The summed E-state index contributed by atoms with van der Waals surface area (Å²) in [6, 6.07) is 8.36. The van der Waals surface area contributed by atoms with Crippen LogP contribution in [0.4, 0.5) is 9.18 Å². The highest BCUT2D eigenvalue weighted by atomic mass is 32.1. The predicted molar refractivity (Wildman–Crippen MR) is 99.5 cm³/mol. The van der Waals surface area contributed by atoms with Crippen molar-refractivity contribution in [1.82, 2.24) is 15.5 Å². The lowest BCUT2D eigenvalue weighted by atomic mass is 9.87. The van der Waals surface area contributed by atoms with Crippen LogP contribution in [-0.2, 0) is 15.1 Å². The average molecular weight is 389 g/mol. The van der Waals surface area contributed by atoms with Crippen LogP contribution < -0.4 is 10.6 Å². The number of thiophene rings is 1. The van der Waals surface area contributed by atoms with Crippen LogP contribution in [0.5, 0.6) is 0 Å². The van der Waals surface area contributed by atoms with E-state index in [1.165, 1.54) is 35.6 Å². The molecule has 142 valence electrons. The van der Waals surface area contributed by atoms with E-state index >= 15 is 0 Å². The van der Waals surface area contributed by atoms with Crippen LogP contribution in [0, 0.1) is 5.82 Å². The third-order valence-electron chi connectivity index (χ3n) is 4.69. The van der Waals surface area contributed by atoms with Crippen LogP contribution in [0.3, 0.4) is 0 Å². The first kappa shape index (κ1) is 19.0. The van der Waals surface area contributed by atoms with E-state index < -0.39 is 29.2 Å². The number of benzene rings is 1. The topological polar surface area (TPSA) is 78.5 Å². The summed E-state index contributed by atoms with van der Waals surface area (Å²) in [4.78, 5) is 39.6. The maximum atomic E-state index is 13.2. The molecule has 1 fully saturated rings. The van der Waals surface area contributed by atoms with Gasteiger partial charge in [0.2, 0.25) is 5.91 Å². The molecule has 1 aliphatic rings. The lowest BCUT2D eigenvalue weighted by Crippen LogP contribution is -2.45. The summed E-state index contributed by atoms with van der Waals surface area (Å²) >= 11 is 1.51. The molecule has 1 aliphatic heterocycles. The Balaban J connectivity index is 1.75. The van der Waals surface area contributed by atoms with Gasteiger partial charge >= 0.3 is 6.03 Å². The molecule has 0 saturated carbocycles. The summed E-state index contributed by atoms with van der Waals surface area (Å²) in [5, 5.41) is 7.38. The van der Waals surface area contributed by atoms with E-state index in [1.54, 1.807) is 6.92 Å². The van der Waals surface area contributed by atoms with Crippen LogP contribution in [0.15, 0.2) is 41.8 Å². The number of nitrogens with zero attached hydrogens (tertiary/aromatic N) is 1. The Bertz CT molecular complexity index is 854. The SMILES string of the molecule is CC[C@@]1(c2ccc(F)cc2)NC(=O)N(CC(=O)N[C@H](C)c2cccs2)C1=O.